The first-order valence-electron chi connectivity index (χ1n) is 10.2. The Morgan fingerprint density at radius 3 is 2.55 bits per heavy atom. The van der Waals surface area contributed by atoms with Crippen LogP contribution in [0.15, 0.2) is 12.1 Å². The summed E-state index contributed by atoms with van der Waals surface area (Å²) < 4.78 is 6.92. The van der Waals surface area contributed by atoms with Gasteiger partial charge in [0, 0.05) is 32.5 Å². The zero-order valence-corrected chi connectivity index (χ0v) is 17.7. The van der Waals surface area contributed by atoms with Gasteiger partial charge in [-0.15, -0.1) is 0 Å². The number of benzene rings is 1. The fourth-order valence-electron chi connectivity index (χ4n) is 3.95. The van der Waals surface area contributed by atoms with E-state index in [0.717, 1.165) is 53.8 Å². The molecule has 0 saturated heterocycles. The van der Waals surface area contributed by atoms with E-state index >= 15 is 0 Å². The lowest BCUT2D eigenvalue weighted by Gasteiger charge is -2.17. The highest BCUT2D eigenvalue weighted by atomic mass is 16.5. The maximum absolute atomic E-state index is 13.1. The number of aromatic nitrogens is 2. The predicted molar refractivity (Wildman–Crippen MR) is 113 cm³/mol. The summed E-state index contributed by atoms with van der Waals surface area (Å²) in [5.41, 5.74) is 5.19. The zero-order chi connectivity index (χ0) is 21.0. The molecule has 0 aliphatic carbocycles. The fourth-order valence-corrected chi connectivity index (χ4v) is 3.95. The number of anilines is 1. The van der Waals surface area contributed by atoms with E-state index in [1.165, 1.54) is 0 Å². The molecular weight excluding hydrogens is 368 g/mol. The lowest BCUT2D eigenvalue weighted by molar-refractivity contribution is 0.0932. The Labute approximate surface area is 171 Å². The minimum Gasteiger partial charge on any atom is -0.385 e. The second-order valence-corrected chi connectivity index (χ2v) is 7.67. The molecule has 0 atom stereocenters. The third kappa shape index (κ3) is 4.67. The van der Waals surface area contributed by atoms with Gasteiger partial charge in [-0.2, -0.15) is 0 Å². The highest BCUT2D eigenvalue weighted by Gasteiger charge is 2.27. The summed E-state index contributed by atoms with van der Waals surface area (Å²) in [6, 6.07) is 4.09. The maximum atomic E-state index is 13.1. The van der Waals surface area contributed by atoms with Gasteiger partial charge in [0.2, 0.25) is 0 Å². The molecule has 7 heteroatoms. The van der Waals surface area contributed by atoms with Crippen LogP contribution in [-0.2, 0) is 17.7 Å². The maximum Gasteiger partial charge on any atom is 0.287 e. The normalized spacial score (nSPS) is 13.1. The van der Waals surface area contributed by atoms with Crippen molar-refractivity contribution in [3.8, 4) is 0 Å². The van der Waals surface area contributed by atoms with Crippen LogP contribution in [0.3, 0.4) is 0 Å². The van der Waals surface area contributed by atoms with Crippen molar-refractivity contribution < 1.29 is 14.3 Å². The molecule has 29 heavy (non-hydrogen) atoms. The number of hydrogen-bond donors (Lipinski definition) is 2. The molecule has 2 aromatic rings. The van der Waals surface area contributed by atoms with Gasteiger partial charge in [0.05, 0.1) is 5.69 Å². The summed E-state index contributed by atoms with van der Waals surface area (Å²) in [5.74, 6) is -0.185. The summed E-state index contributed by atoms with van der Waals surface area (Å²) in [4.78, 5) is 30.2. The van der Waals surface area contributed by atoms with Gasteiger partial charge in [-0.25, -0.2) is 4.98 Å². The summed E-state index contributed by atoms with van der Waals surface area (Å²) in [6.07, 6.45) is 3.45. The molecule has 0 saturated carbocycles. The van der Waals surface area contributed by atoms with Crippen LogP contribution in [-0.4, -0.2) is 41.6 Å². The predicted octanol–water partition coefficient (Wildman–Crippen LogP) is 3.16. The molecule has 1 aliphatic heterocycles. The molecule has 2 N–H and O–H groups in total. The quantitative estimate of drug-likeness (QED) is 0.702. The molecule has 2 heterocycles. The summed E-state index contributed by atoms with van der Waals surface area (Å²) in [7, 11) is 1.63. The standard InChI is InChI=1S/C22H30N4O3/c1-14-12-15(2)18(16(3)13-14)25-21(27)19-17-8-5-6-10-26(17)20(24-19)22(28)23-9-7-11-29-4/h12-13H,5-11H2,1-4H3,(H,23,28)(H,25,27). The summed E-state index contributed by atoms with van der Waals surface area (Å²) in [5, 5.41) is 5.90. The third-order valence-electron chi connectivity index (χ3n) is 5.26. The molecule has 0 radical (unpaired) electrons. The molecule has 156 valence electrons. The van der Waals surface area contributed by atoms with E-state index in [2.05, 4.69) is 15.6 Å². The van der Waals surface area contributed by atoms with E-state index in [-0.39, 0.29) is 11.8 Å². The second-order valence-electron chi connectivity index (χ2n) is 7.67. The monoisotopic (exact) mass is 398 g/mol. The highest BCUT2D eigenvalue weighted by Crippen LogP contribution is 2.25. The van der Waals surface area contributed by atoms with Crippen molar-refractivity contribution in [3.05, 3.63) is 46.0 Å². The lowest BCUT2D eigenvalue weighted by atomic mass is 10.0. The van der Waals surface area contributed by atoms with Crippen molar-refractivity contribution in [2.24, 2.45) is 0 Å². The van der Waals surface area contributed by atoms with E-state index in [0.29, 0.717) is 31.2 Å². The van der Waals surface area contributed by atoms with Crippen molar-refractivity contribution in [1.82, 2.24) is 14.9 Å². The van der Waals surface area contributed by atoms with Crippen molar-refractivity contribution in [3.63, 3.8) is 0 Å². The summed E-state index contributed by atoms with van der Waals surface area (Å²) >= 11 is 0. The number of fused-ring (bicyclic) bond motifs is 1. The average molecular weight is 399 g/mol. The first-order chi connectivity index (χ1) is 13.9. The van der Waals surface area contributed by atoms with Gasteiger partial charge in [-0.3, -0.25) is 9.59 Å². The SMILES string of the molecule is COCCCNC(=O)c1nc(C(=O)Nc2c(C)cc(C)cc2C)c2n1CCCC2. The number of ether oxygens (including phenoxy) is 1. The number of aryl methyl sites for hydroxylation is 3. The molecule has 1 aromatic carbocycles. The molecule has 0 unspecified atom stereocenters. The smallest absolute Gasteiger partial charge is 0.287 e. The molecule has 3 rings (SSSR count). The first kappa shape index (κ1) is 21.0. The molecule has 7 nitrogen and oxygen atoms in total. The first-order valence-corrected chi connectivity index (χ1v) is 10.2. The average Bonchev–Trinajstić information content (AvgIpc) is 3.08. The number of hydrogen-bond acceptors (Lipinski definition) is 4. The van der Waals surface area contributed by atoms with Crippen molar-refractivity contribution in [2.75, 3.05) is 25.6 Å². The number of amides is 2. The highest BCUT2D eigenvalue weighted by molar-refractivity contribution is 6.05. The minimum atomic E-state index is -0.260. The van der Waals surface area contributed by atoms with Gasteiger partial charge in [-0.1, -0.05) is 17.7 Å². The number of methoxy groups -OCH3 is 1. The number of imidazole rings is 1. The van der Waals surface area contributed by atoms with Crippen LogP contribution in [0.2, 0.25) is 0 Å². The number of carbonyl (C=O) groups is 2. The van der Waals surface area contributed by atoms with Gasteiger partial charge in [0.25, 0.3) is 11.8 Å². The van der Waals surface area contributed by atoms with E-state index in [1.54, 1.807) is 7.11 Å². The van der Waals surface area contributed by atoms with E-state index < -0.39 is 0 Å². The van der Waals surface area contributed by atoms with Crippen molar-refractivity contribution in [1.29, 1.82) is 0 Å². The van der Waals surface area contributed by atoms with Crippen LogP contribution < -0.4 is 10.6 Å². The number of nitrogens with one attached hydrogen (secondary N) is 2. The second kappa shape index (κ2) is 9.22. The third-order valence-corrected chi connectivity index (χ3v) is 5.26. The van der Waals surface area contributed by atoms with Crippen molar-refractivity contribution in [2.45, 2.75) is 53.0 Å². The molecule has 0 fully saturated rings. The van der Waals surface area contributed by atoms with Gasteiger partial charge >= 0.3 is 0 Å². The minimum absolute atomic E-state index is 0.244. The Hall–Kier alpha value is -2.67. The van der Waals surface area contributed by atoms with Gasteiger partial charge in [0.15, 0.2) is 11.5 Å². The summed E-state index contributed by atoms with van der Waals surface area (Å²) in [6.45, 7) is 7.81. The number of carbonyl (C=O) groups excluding carboxylic acids is 2. The van der Waals surface area contributed by atoms with Gasteiger partial charge in [-0.05, 0) is 57.6 Å². The molecule has 2 amide bonds. The topological polar surface area (TPSA) is 85.2 Å². The van der Waals surface area contributed by atoms with Gasteiger partial charge in [0.1, 0.15) is 0 Å². The molecular formula is C22H30N4O3. The van der Waals surface area contributed by atoms with Crippen LogP contribution in [0.5, 0.6) is 0 Å². The lowest BCUT2D eigenvalue weighted by Crippen LogP contribution is -2.29. The Kier molecular flexibility index (Phi) is 6.69. The largest absolute Gasteiger partial charge is 0.385 e. The fraction of sp³-hybridized carbons (Fsp3) is 0.500. The van der Waals surface area contributed by atoms with E-state index in [9.17, 15) is 9.59 Å². The Morgan fingerprint density at radius 2 is 1.86 bits per heavy atom. The molecule has 0 bridgehead atoms. The molecule has 1 aromatic heterocycles. The van der Waals surface area contributed by atoms with Crippen LogP contribution in [0.4, 0.5) is 5.69 Å². The number of nitrogens with zero attached hydrogens (tertiary/aromatic N) is 2. The van der Waals surface area contributed by atoms with Crippen LogP contribution >= 0.6 is 0 Å². The van der Waals surface area contributed by atoms with Crippen LogP contribution in [0, 0.1) is 20.8 Å². The van der Waals surface area contributed by atoms with Crippen LogP contribution in [0.25, 0.3) is 0 Å². The zero-order valence-electron chi connectivity index (χ0n) is 17.7. The molecule has 0 spiro atoms. The Morgan fingerprint density at radius 1 is 1.14 bits per heavy atom. The number of rotatable bonds is 7. The molecule has 1 aliphatic rings. The Balaban J connectivity index is 1.85. The Bertz CT molecular complexity index is 894. The van der Waals surface area contributed by atoms with E-state index in [4.69, 9.17) is 4.74 Å². The van der Waals surface area contributed by atoms with Crippen LogP contribution in [0.1, 0.15) is 62.8 Å². The van der Waals surface area contributed by atoms with E-state index in [1.807, 2.05) is 37.5 Å². The van der Waals surface area contributed by atoms with Gasteiger partial charge < -0.3 is 19.9 Å². The van der Waals surface area contributed by atoms with Crippen molar-refractivity contribution >= 4 is 17.5 Å².